The van der Waals surface area contributed by atoms with Crippen LogP contribution < -0.4 is 4.74 Å². The molecule has 4 nitrogen and oxygen atoms in total. The fourth-order valence-electron chi connectivity index (χ4n) is 3.99. The Morgan fingerprint density at radius 1 is 1.03 bits per heavy atom. The molecule has 0 spiro atoms. The number of halogens is 2. The summed E-state index contributed by atoms with van der Waals surface area (Å²) in [5, 5.41) is 9.61. The minimum Gasteiger partial charge on any atom is -0.489 e. The van der Waals surface area contributed by atoms with Gasteiger partial charge in [-0.1, -0.05) is 42.5 Å². The molecule has 0 fully saturated rings. The number of ether oxygens (including phenoxy) is 1. The summed E-state index contributed by atoms with van der Waals surface area (Å²) in [6.45, 7) is 0.417. The van der Waals surface area contributed by atoms with Gasteiger partial charge in [-0.15, -0.1) is 11.8 Å². The molecule has 7 heteroatoms. The number of hydrogen-bond acceptors (Lipinski definition) is 4. The van der Waals surface area contributed by atoms with Gasteiger partial charge in [0, 0.05) is 17.0 Å². The van der Waals surface area contributed by atoms with Crippen LogP contribution in [0.25, 0.3) is 23.1 Å². The normalized spacial score (nSPS) is 14.9. The second kappa shape index (κ2) is 9.27. The van der Waals surface area contributed by atoms with Crippen molar-refractivity contribution in [1.29, 1.82) is 0 Å². The van der Waals surface area contributed by atoms with Crippen molar-refractivity contribution >= 4 is 40.8 Å². The molecule has 1 unspecified atom stereocenters. The predicted octanol–water partition coefficient (Wildman–Crippen LogP) is 6.48. The quantitative estimate of drug-likeness (QED) is 0.358. The molecular weight excluding hydrogens is 456 g/mol. The van der Waals surface area contributed by atoms with Gasteiger partial charge in [-0.25, -0.2) is 13.8 Å². The van der Waals surface area contributed by atoms with Gasteiger partial charge in [-0.05, 0) is 47.0 Å². The van der Waals surface area contributed by atoms with Gasteiger partial charge < -0.3 is 9.84 Å². The molecule has 0 amide bonds. The summed E-state index contributed by atoms with van der Waals surface area (Å²) < 4.78 is 33.1. The van der Waals surface area contributed by atoms with Crippen LogP contribution in [-0.4, -0.2) is 21.8 Å². The highest BCUT2D eigenvalue weighted by molar-refractivity contribution is 8.00. The Balaban J connectivity index is 1.49. The Kier molecular flexibility index (Phi) is 6.02. The van der Waals surface area contributed by atoms with Crippen molar-refractivity contribution in [3.05, 3.63) is 106 Å². The lowest BCUT2D eigenvalue weighted by Crippen LogP contribution is -2.05. The van der Waals surface area contributed by atoms with E-state index in [1.54, 1.807) is 18.2 Å². The van der Waals surface area contributed by atoms with Crippen molar-refractivity contribution in [1.82, 2.24) is 4.98 Å². The molecule has 2 heterocycles. The van der Waals surface area contributed by atoms with Crippen molar-refractivity contribution in [2.75, 3.05) is 5.75 Å². The maximum absolute atomic E-state index is 13.6. The first-order valence-electron chi connectivity index (χ1n) is 10.6. The van der Waals surface area contributed by atoms with E-state index >= 15 is 0 Å². The molecule has 5 rings (SSSR count). The van der Waals surface area contributed by atoms with E-state index in [1.807, 2.05) is 48.5 Å². The molecule has 34 heavy (non-hydrogen) atoms. The highest BCUT2D eigenvalue weighted by atomic mass is 32.2. The summed E-state index contributed by atoms with van der Waals surface area (Å²) in [4.78, 5) is 15.7. The van der Waals surface area contributed by atoms with Crippen LogP contribution in [0.1, 0.15) is 33.2 Å². The van der Waals surface area contributed by atoms with Gasteiger partial charge in [-0.2, -0.15) is 0 Å². The summed E-state index contributed by atoms with van der Waals surface area (Å²) in [5.74, 6) is -2.02. The van der Waals surface area contributed by atoms with E-state index in [9.17, 15) is 18.7 Å². The minimum atomic E-state index is -0.933. The number of thioether (sulfide) groups is 1. The highest BCUT2D eigenvalue weighted by Crippen LogP contribution is 2.44. The van der Waals surface area contributed by atoms with Gasteiger partial charge in [-0.3, -0.25) is 4.79 Å². The summed E-state index contributed by atoms with van der Waals surface area (Å²) in [5.41, 5.74) is 4.84. The van der Waals surface area contributed by atoms with Gasteiger partial charge in [0.15, 0.2) is 11.6 Å². The Morgan fingerprint density at radius 2 is 1.85 bits per heavy atom. The van der Waals surface area contributed by atoms with Crippen LogP contribution in [0.4, 0.5) is 8.78 Å². The molecule has 1 atom stereocenters. The number of carboxylic acids is 1. The molecule has 0 saturated heterocycles. The van der Waals surface area contributed by atoms with Crippen LogP contribution in [0, 0.1) is 11.6 Å². The zero-order valence-corrected chi connectivity index (χ0v) is 18.7. The number of carboxylic acid groups (broad SMARTS) is 1. The van der Waals surface area contributed by atoms with Gasteiger partial charge in [0.2, 0.25) is 0 Å². The zero-order chi connectivity index (χ0) is 23.7. The summed E-state index contributed by atoms with van der Waals surface area (Å²) >= 11 is 1.35. The Bertz CT molecular complexity index is 1440. The molecule has 1 aliphatic rings. The average molecular weight is 476 g/mol. The van der Waals surface area contributed by atoms with E-state index in [0.717, 1.165) is 40.1 Å². The van der Waals surface area contributed by atoms with Crippen LogP contribution >= 0.6 is 11.8 Å². The number of fused-ring (bicyclic) bond motifs is 3. The van der Waals surface area contributed by atoms with Gasteiger partial charge in [0.25, 0.3) is 0 Å². The largest absolute Gasteiger partial charge is 0.489 e. The number of aliphatic carboxylic acids is 1. The second-order valence-electron chi connectivity index (χ2n) is 7.90. The van der Waals surface area contributed by atoms with Gasteiger partial charge in [0.1, 0.15) is 12.4 Å². The van der Waals surface area contributed by atoms with Crippen LogP contribution in [-0.2, 0) is 11.4 Å². The van der Waals surface area contributed by atoms with E-state index < -0.39 is 17.6 Å². The second-order valence-corrected chi connectivity index (χ2v) is 8.99. The molecule has 0 aliphatic carbocycles. The molecule has 0 radical (unpaired) electrons. The topological polar surface area (TPSA) is 59.4 Å². The van der Waals surface area contributed by atoms with Crippen LogP contribution in [0.2, 0.25) is 0 Å². The fourth-order valence-corrected chi connectivity index (χ4v) is 5.08. The van der Waals surface area contributed by atoms with Gasteiger partial charge in [0.05, 0.1) is 22.2 Å². The number of hydrogen-bond donors (Lipinski definition) is 1. The van der Waals surface area contributed by atoms with E-state index in [0.29, 0.717) is 23.2 Å². The molecule has 0 saturated carbocycles. The van der Waals surface area contributed by atoms with E-state index in [4.69, 9.17) is 4.74 Å². The third kappa shape index (κ3) is 4.52. The fraction of sp³-hybridized carbons (Fsp3) is 0.111. The number of benzene rings is 3. The van der Waals surface area contributed by atoms with Crippen molar-refractivity contribution in [2.24, 2.45) is 0 Å². The third-order valence-corrected chi connectivity index (χ3v) is 6.86. The monoisotopic (exact) mass is 475 g/mol. The van der Waals surface area contributed by atoms with Crippen LogP contribution in [0.5, 0.6) is 5.75 Å². The van der Waals surface area contributed by atoms with Crippen molar-refractivity contribution in [3.63, 3.8) is 0 Å². The highest BCUT2D eigenvalue weighted by Gasteiger charge is 2.26. The first kappa shape index (κ1) is 22.1. The zero-order valence-electron chi connectivity index (χ0n) is 17.9. The number of rotatable bonds is 5. The van der Waals surface area contributed by atoms with Crippen molar-refractivity contribution in [2.45, 2.75) is 11.9 Å². The molecule has 3 aromatic carbocycles. The Labute approximate surface area is 198 Å². The standard InChI is InChI=1S/C27H19F2NO3S/c28-22-12-17-7-9-19(30-24(17)13-23(22)29)8-5-16-6-10-25-21(11-16)27(34-15-26(31)32)20-4-2-1-3-18(20)14-33-25/h1-13,27H,14-15H2,(H,31,32)/b8-5+. The maximum Gasteiger partial charge on any atom is 0.313 e. The van der Waals surface area contributed by atoms with Crippen LogP contribution in [0.3, 0.4) is 0 Å². The minimum absolute atomic E-state index is 0.0311. The lowest BCUT2D eigenvalue weighted by Gasteiger charge is -2.18. The lowest BCUT2D eigenvalue weighted by atomic mass is 9.98. The van der Waals surface area contributed by atoms with Crippen LogP contribution in [0.15, 0.2) is 66.7 Å². The number of nitrogens with zero attached hydrogens (tertiary/aromatic N) is 1. The smallest absolute Gasteiger partial charge is 0.313 e. The predicted molar refractivity (Wildman–Crippen MR) is 130 cm³/mol. The molecule has 1 aromatic heterocycles. The number of pyridine rings is 1. The van der Waals surface area contributed by atoms with E-state index in [1.165, 1.54) is 11.8 Å². The molecule has 4 aromatic rings. The summed E-state index contributed by atoms with van der Waals surface area (Å²) in [6, 6.07) is 19.4. The number of aromatic nitrogens is 1. The van der Waals surface area contributed by atoms with Crippen molar-refractivity contribution in [3.8, 4) is 5.75 Å². The lowest BCUT2D eigenvalue weighted by molar-refractivity contribution is -0.133. The Hall–Kier alpha value is -3.71. The Morgan fingerprint density at radius 3 is 2.71 bits per heavy atom. The van der Waals surface area contributed by atoms with Crippen molar-refractivity contribution < 1.29 is 23.4 Å². The third-order valence-electron chi connectivity index (χ3n) is 5.61. The molecule has 1 N–H and O–H groups in total. The summed E-state index contributed by atoms with van der Waals surface area (Å²) in [7, 11) is 0. The average Bonchev–Trinajstić information content (AvgIpc) is 2.98. The maximum atomic E-state index is 13.6. The number of carbonyl (C=O) groups is 1. The first-order valence-corrected chi connectivity index (χ1v) is 11.6. The first-order chi connectivity index (χ1) is 16.5. The van der Waals surface area contributed by atoms with E-state index in [2.05, 4.69) is 4.98 Å². The van der Waals surface area contributed by atoms with E-state index in [-0.39, 0.29) is 11.0 Å². The molecular formula is C27H19F2NO3S. The molecule has 170 valence electrons. The molecule has 0 bridgehead atoms. The summed E-state index contributed by atoms with van der Waals surface area (Å²) in [6.07, 6.45) is 3.68. The molecule has 1 aliphatic heterocycles. The van der Waals surface area contributed by atoms with Gasteiger partial charge >= 0.3 is 5.97 Å². The SMILES string of the molecule is O=C(O)CSC1c2ccccc2COc2ccc(/C=C/c3ccc4cc(F)c(F)cc4n3)cc21.